The van der Waals surface area contributed by atoms with Crippen LogP contribution in [0.25, 0.3) is 0 Å². The third kappa shape index (κ3) is 4.63. The molecule has 0 spiro atoms. The molecule has 0 aromatic rings. The van der Waals surface area contributed by atoms with Crippen molar-refractivity contribution in [2.45, 2.75) is 32.7 Å². The van der Waals surface area contributed by atoms with Crippen molar-refractivity contribution in [3.63, 3.8) is 0 Å². The molecular weight excluding hydrogens is 242 g/mol. The Morgan fingerprint density at radius 1 is 1.47 bits per heavy atom. The molecule has 0 saturated carbocycles. The minimum Gasteiger partial charge on any atom is -0.465 e. The van der Waals surface area contributed by atoms with Gasteiger partial charge in [0.2, 0.25) is 0 Å². The zero-order chi connectivity index (χ0) is 12.9. The number of nitrogens with one attached hydrogen (secondary N) is 1. The summed E-state index contributed by atoms with van der Waals surface area (Å²) in [6.45, 7) is 4.61. The van der Waals surface area contributed by atoms with Gasteiger partial charge in [-0.25, -0.2) is 8.42 Å². The lowest BCUT2D eigenvalue weighted by molar-refractivity contribution is -0.145. The normalized spacial score (nSPS) is 24.5. The number of sulfone groups is 1. The van der Waals surface area contributed by atoms with Gasteiger partial charge in [0.05, 0.1) is 18.1 Å². The Balaban J connectivity index is 2.36. The minimum atomic E-state index is -2.84. The second-order valence-electron chi connectivity index (χ2n) is 4.39. The van der Waals surface area contributed by atoms with Gasteiger partial charge in [-0.05, 0) is 32.2 Å². The highest BCUT2D eigenvalue weighted by atomic mass is 32.2. The molecule has 0 aromatic carbocycles. The number of esters is 1. The summed E-state index contributed by atoms with van der Waals surface area (Å²) in [6, 6.07) is -0.321. The van der Waals surface area contributed by atoms with Gasteiger partial charge in [0.1, 0.15) is 6.04 Å². The van der Waals surface area contributed by atoms with Gasteiger partial charge in [-0.15, -0.1) is 0 Å². The molecule has 100 valence electrons. The monoisotopic (exact) mass is 263 g/mol. The van der Waals surface area contributed by atoms with Crippen molar-refractivity contribution in [3.8, 4) is 0 Å². The number of hydrogen-bond donors (Lipinski definition) is 1. The second-order valence-corrected chi connectivity index (χ2v) is 6.62. The SMILES string of the molecule is CCOC(=O)C(CC)NCC1CCS(=O)(=O)C1. The molecule has 2 atom stereocenters. The van der Waals surface area contributed by atoms with Gasteiger partial charge in [0, 0.05) is 0 Å². The van der Waals surface area contributed by atoms with Crippen LogP contribution in [0.2, 0.25) is 0 Å². The van der Waals surface area contributed by atoms with Crippen LogP contribution in [0.3, 0.4) is 0 Å². The molecule has 1 fully saturated rings. The predicted molar refractivity (Wildman–Crippen MR) is 65.5 cm³/mol. The van der Waals surface area contributed by atoms with Crippen molar-refractivity contribution >= 4 is 15.8 Å². The van der Waals surface area contributed by atoms with E-state index in [2.05, 4.69) is 5.32 Å². The topological polar surface area (TPSA) is 72.5 Å². The lowest BCUT2D eigenvalue weighted by Gasteiger charge is -2.17. The maximum atomic E-state index is 11.5. The fourth-order valence-corrected chi connectivity index (χ4v) is 3.84. The Morgan fingerprint density at radius 2 is 2.18 bits per heavy atom. The van der Waals surface area contributed by atoms with E-state index in [1.54, 1.807) is 6.92 Å². The summed E-state index contributed by atoms with van der Waals surface area (Å²) < 4.78 is 27.5. The third-order valence-corrected chi connectivity index (χ3v) is 4.80. The first-order valence-electron chi connectivity index (χ1n) is 6.09. The van der Waals surface area contributed by atoms with E-state index < -0.39 is 9.84 Å². The van der Waals surface area contributed by atoms with Crippen molar-refractivity contribution in [2.24, 2.45) is 5.92 Å². The van der Waals surface area contributed by atoms with E-state index in [4.69, 9.17) is 4.74 Å². The van der Waals surface area contributed by atoms with Crippen LogP contribution in [-0.4, -0.2) is 45.1 Å². The van der Waals surface area contributed by atoms with Crippen LogP contribution < -0.4 is 5.32 Å². The smallest absolute Gasteiger partial charge is 0.323 e. The summed E-state index contributed by atoms with van der Waals surface area (Å²) in [4.78, 5) is 11.5. The standard InChI is InChI=1S/C11H21NO4S/c1-3-10(11(13)16-4-2)12-7-9-5-6-17(14,15)8-9/h9-10,12H,3-8H2,1-2H3. The third-order valence-electron chi connectivity index (χ3n) is 2.96. The number of carbonyl (C=O) groups is 1. The van der Waals surface area contributed by atoms with E-state index >= 15 is 0 Å². The molecule has 0 aliphatic carbocycles. The van der Waals surface area contributed by atoms with Crippen LogP contribution in [0, 0.1) is 5.92 Å². The molecule has 17 heavy (non-hydrogen) atoms. The molecule has 1 aliphatic heterocycles. The summed E-state index contributed by atoms with van der Waals surface area (Å²) in [7, 11) is -2.84. The molecule has 0 radical (unpaired) electrons. The number of rotatable bonds is 6. The van der Waals surface area contributed by atoms with Crippen LogP contribution in [-0.2, 0) is 19.4 Å². The first-order valence-corrected chi connectivity index (χ1v) is 7.91. The van der Waals surface area contributed by atoms with E-state index in [-0.39, 0.29) is 29.4 Å². The number of hydrogen-bond acceptors (Lipinski definition) is 5. The van der Waals surface area contributed by atoms with E-state index in [0.29, 0.717) is 26.0 Å². The Kier molecular flexibility index (Phi) is 5.39. The Hall–Kier alpha value is -0.620. The van der Waals surface area contributed by atoms with Gasteiger partial charge in [-0.3, -0.25) is 4.79 Å². The Morgan fingerprint density at radius 3 is 2.65 bits per heavy atom. The van der Waals surface area contributed by atoms with Crippen LogP contribution in [0.1, 0.15) is 26.7 Å². The van der Waals surface area contributed by atoms with Crippen molar-refractivity contribution in [3.05, 3.63) is 0 Å². The summed E-state index contributed by atoms with van der Waals surface area (Å²) in [5.74, 6) is 0.383. The molecule has 1 saturated heterocycles. The molecule has 6 heteroatoms. The zero-order valence-electron chi connectivity index (χ0n) is 10.4. The summed E-state index contributed by atoms with van der Waals surface area (Å²) in [5.41, 5.74) is 0. The number of ether oxygens (including phenoxy) is 1. The highest BCUT2D eigenvalue weighted by molar-refractivity contribution is 7.91. The quantitative estimate of drug-likeness (QED) is 0.700. The zero-order valence-corrected chi connectivity index (χ0v) is 11.3. The second kappa shape index (κ2) is 6.35. The molecule has 1 N–H and O–H groups in total. The van der Waals surface area contributed by atoms with Crippen molar-refractivity contribution in [2.75, 3.05) is 24.7 Å². The van der Waals surface area contributed by atoms with Crippen LogP contribution in [0.5, 0.6) is 0 Å². The molecule has 5 nitrogen and oxygen atoms in total. The fraction of sp³-hybridized carbons (Fsp3) is 0.909. The highest BCUT2D eigenvalue weighted by Crippen LogP contribution is 2.17. The van der Waals surface area contributed by atoms with Crippen molar-refractivity contribution in [1.82, 2.24) is 5.32 Å². The molecule has 1 heterocycles. The van der Waals surface area contributed by atoms with Crippen LogP contribution >= 0.6 is 0 Å². The van der Waals surface area contributed by atoms with Crippen molar-refractivity contribution < 1.29 is 17.9 Å². The van der Waals surface area contributed by atoms with Gasteiger partial charge in [-0.2, -0.15) is 0 Å². The molecule has 1 rings (SSSR count). The van der Waals surface area contributed by atoms with Crippen molar-refractivity contribution in [1.29, 1.82) is 0 Å². The van der Waals surface area contributed by atoms with E-state index in [1.165, 1.54) is 0 Å². The predicted octanol–water partition coefficient (Wildman–Crippen LogP) is 0.352. The summed E-state index contributed by atoms with van der Waals surface area (Å²) in [6.07, 6.45) is 1.34. The average Bonchev–Trinajstić information content (AvgIpc) is 2.59. The molecule has 0 amide bonds. The van der Waals surface area contributed by atoms with Gasteiger partial charge < -0.3 is 10.1 Å². The first kappa shape index (κ1) is 14.4. The van der Waals surface area contributed by atoms with E-state index in [9.17, 15) is 13.2 Å². The molecule has 2 unspecified atom stereocenters. The lowest BCUT2D eigenvalue weighted by Crippen LogP contribution is -2.40. The highest BCUT2D eigenvalue weighted by Gasteiger charge is 2.28. The number of carbonyl (C=O) groups excluding carboxylic acids is 1. The first-order chi connectivity index (χ1) is 7.98. The van der Waals surface area contributed by atoms with Gasteiger partial charge in [-0.1, -0.05) is 6.92 Å². The maximum Gasteiger partial charge on any atom is 0.323 e. The summed E-state index contributed by atoms with van der Waals surface area (Å²) >= 11 is 0. The maximum absolute atomic E-state index is 11.5. The molecule has 1 aliphatic rings. The minimum absolute atomic E-state index is 0.128. The van der Waals surface area contributed by atoms with Crippen LogP contribution in [0.4, 0.5) is 0 Å². The largest absolute Gasteiger partial charge is 0.465 e. The van der Waals surface area contributed by atoms with E-state index in [1.807, 2.05) is 6.92 Å². The molecular formula is C11H21NO4S. The molecule has 0 aromatic heterocycles. The van der Waals surface area contributed by atoms with Gasteiger partial charge in [0.25, 0.3) is 0 Å². The average molecular weight is 263 g/mol. The Bertz CT molecular complexity index is 352. The fourth-order valence-electron chi connectivity index (χ4n) is 1.98. The summed E-state index contributed by atoms with van der Waals surface area (Å²) in [5, 5.41) is 3.09. The Labute approximate surface area is 103 Å². The van der Waals surface area contributed by atoms with Crippen LogP contribution in [0.15, 0.2) is 0 Å². The lowest BCUT2D eigenvalue weighted by atomic mass is 10.1. The van der Waals surface area contributed by atoms with Gasteiger partial charge in [0.15, 0.2) is 9.84 Å². The van der Waals surface area contributed by atoms with Gasteiger partial charge >= 0.3 is 5.97 Å². The van der Waals surface area contributed by atoms with E-state index in [0.717, 1.165) is 0 Å². The molecule has 0 bridgehead atoms.